The van der Waals surface area contributed by atoms with Gasteiger partial charge in [0.15, 0.2) is 0 Å². The van der Waals surface area contributed by atoms with Gasteiger partial charge in [0, 0.05) is 13.2 Å². The summed E-state index contributed by atoms with van der Waals surface area (Å²) in [6.45, 7) is 1.48. The summed E-state index contributed by atoms with van der Waals surface area (Å²) < 4.78 is 1.53. The molecule has 0 aliphatic carbocycles. The van der Waals surface area contributed by atoms with E-state index in [1.54, 1.807) is 13.2 Å². The average Bonchev–Trinajstić information content (AvgIpc) is 2.47. The van der Waals surface area contributed by atoms with Crippen molar-refractivity contribution in [1.82, 2.24) is 15.1 Å². The molecule has 70 valence electrons. The van der Waals surface area contributed by atoms with Crippen LogP contribution in [0.4, 0.5) is 0 Å². The summed E-state index contributed by atoms with van der Waals surface area (Å²) in [6.07, 6.45) is 3.05. The average molecular weight is 181 g/mol. The summed E-state index contributed by atoms with van der Waals surface area (Å²) >= 11 is 0. The third kappa shape index (κ3) is 2.70. The highest BCUT2D eigenvalue weighted by Gasteiger charge is 2.06. The molecular formula is C8H11N3O2. The van der Waals surface area contributed by atoms with E-state index in [1.807, 2.05) is 0 Å². The number of carbonyl (C=O) groups excluding carboxylic acids is 2. The van der Waals surface area contributed by atoms with Crippen LogP contribution in [0.5, 0.6) is 0 Å². The van der Waals surface area contributed by atoms with Crippen LogP contribution < -0.4 is 5.32 Å². The summed E-state index contributed by atoms with van der Waals surface area (Å²) in [7, 11) is 1.72. The lowest BCUT2D eigenvalue weighted by Gasteiger charge is -1.98. The van der Waals surface area contributed by atoms with Gasteiger partial charge >= 0.3 is 0 Å². The van der Waals surface area contributed by atoms with E-state index in [2.05, 4.69) is 10.4 Å². The molecule has 0 aliphatic rings. The first-order valence-corrected chi connectivity index (χ1v) is 3.86. The van der Waals surface area contributed by atoms with Crippen LogP contribution in [0.25, 0.3) is 0 Å². The van der Waals surface area contributed by atoms with Crippen molar-refractivity contribution in [2.45, 2.75) is 6.92 Å². The van der Waals surface area contributed by atoms with Crippen molar-refractivity contribution in [3.63, 3.8) is 0 Å². The minimum atomic E-state index is -0.275. The van der Waals surface area contributed by atoms with Crippen molar-refractivity contribution in [3.8, 4) is 0 Å². The van der Waals surface area contributed by atoms with Gasteiger partial charge in [-0.1, -0.05) is 0 Å². The Balaban J connectivity index is 2.54. The Kier molecular flexibility index (Phi) is 2.79. The topological polar surface area (TPSA) is 64.0 Å². The zero-order chi connectivity index (χ0) is 9.84. The number of hydrogen-bond acceptors (Lipinski definition) is 3. The van der Waals surface area contributed by atoms with Crippen LogP contribution >= 0.6 is 0 Å². The highest BCUT2D eigenvalue weighted by atomic mass is 16.2. The lowest BCUT2D eigenvalue weighted by Crippen LogP contribution is -2.27. The summed E-state index contributed by atoms with van der Waals surface area (Å²) in [6, 6.07) is 0. The number of aryl methyl sites for hydroxylation is 1. The first-order chi connectivity index (χ1) is 6.09. The van der Waals surface area contributed by atoms with Crippen molar-refractivity contribution in [1.29, 1.82) is 0 Å². The Morgan fingerprint density at radius 1 is 1.62 bits per heavy atom. The zero-order valence-corrected chi connectivity index (χ0v) is 7.57. The van der Waals surface area contributed by atoms with Gasteiger partial charge in [0.1, 0.15) is 5.78 Å². The number of rotatable bonds is 3. The fraction of sp³-hybridized carbons (Fsp3) is 0.375. The Morgan fingerprint density at radius 3 is 2.77 bits per heavy atom. The minimum absolute atomic E-state index is 0.0632. The van der Waals surface area contributed by atoms with Gasteiger partial charge < -0.3 is 5.32 Å². The number of nitrogens with one attached hydrogen (secondary N) is 1. The molecule has 1 N–H and O–H groups in total. The number of Topliss-reactive ketones (excluding diaryl/α,β-unsaturated/α-hetero) is 1. The van der Waals surface area contributed by atoms with Crippen LogP contribution in [0.1, 0.15) is 17.3 Å². The maximum Gasteiger partial charge on any atom is 0.254 e. The summed E-state index contributed by atoms with van der Waals surface area (Å²) in [4.78, 5) is 21.8. The summed E-state index contributed by atoms with van der Waals surface area (Å²) in [5, 5.41) is 6.31. The van der Waals surface area contributed by atoms with E-state index in [0.717, 1.165) is 0 Å². The largest absolute Gasteiger partial charge is 0.345 e. The SMILES string of the molecule is CC(=O)CNC(=O)c1cnn(C)c1. The molecule has 1 aromatic heterocycles. The third-order valence-electron chi connectivity index (χ3n) is 1.46. The van der Waals surface area contributed by atoms with E-state index >= 15 is 0 Å². The van der Waals surface area contributed by atoms with Gasteiger partial charge in [0.2, 0.25) is 0 Å². The van der Waals surface area contributed by atoms with Gasteiger partial charge in [-0.05, 0) is 6.92 Å². The standard InChI is InChI=1S/C8H11N3O2/c1-6(12)3-9-8(13)7-4-10-11(2)5-7/h4-5H,3H2,1-2H3,(H,9,13). The molecule has 0 aliphatic heterocycles. The maximum absolute atomic E-state index is 11.2. The fourth-order valence-electron chi connectivity index (χ4n) is 0.845. The number of amides is 1. The van der Waals surface area contributed by atoms with Crippen molar-refractivity contribution in [2.75, 3.05) is 6.54 Å². The van der Waals surface area contributed by atoms with Crippen LogP contribution in [-0.4, -0.2) is 28.0 Å². The Labute approximate surface area is 75.7 Å². The van der Waals surface area contributed by atoms with E-state index < -0.39 is 0 Å². The first-order valence-electron chi connectivity index (χ1n) is 3.86. The number of hydrogen-bond donors (Lipinski definition) is 1. The lowest BCUT2D eigenvalue weighted by atomic mass is 10.3. The molecule has 1 rings (SSSR count). The molecule has 1 amide bonds. The van der Waals surface area contributed by atoms with Crippen molar-refractivity contribution < 1.29 is 9.59 Å². The van der Waals surface area contributed by atoms with Gasteiger partial charge in [-0.25, -0.2) is 0 Å². The lowest BCUT2D eigenvalue weighted by molar-refractivity contribution is -0.116. The van der Waals surface area contributed by atoms with Crippen molar-refractivity contribution in [3.05, 3.63) is 18.0 Å². The molecule has 1 aromatic rings. The van der Waals surface area contributed by atoms with Gasteiger partial charge in [0.05, 0.1) is 18.3 Å². The highest BCUT2D eigenvalue weighted by Crippen LogP contribution is 1.94. The van der Waals surface area contributed by atoms with Crippen LogP contribution in [-0.2, 0) is 11.8 Å². The monoisotopic (exact) mass is 181 g/mol. The first kappa shape index (κ1) is 9.44. The van der Waals surface area contributed by atoms with Gasteiger partial charge in [-0.2, -0.15) is 5.10 Å². The normalized spacial score (nSPS) is 9.69. The molecule has 0 saturated heterocycles. The smallest absolute Gasteiger partial charge is 0.254 e. The summed E-state index contributed by atoms with van der Waals surface area (Å²) in [5.41, 5.74) is 0.462. The number of carbonyl (C=O) groups is 2. The second-order valence-electron chi connectivity index (χ2n) is 2.79. The molecule has 0 fully saturated rings. The zero-order valence-electron chi connectivity index (χ0n) is 7.57. The fourth-order valence-corrected chi connectivity index (χ4v) is 0.845. The Morgan fingerprint density at radius 2 is 2.31 bits per heavy atom. The molecule has 0 bridgehead atoms. The minimum Gasteiger partial charge on any atom is -0.345 e. The van der Waals surface area contributed by atoms with Gasteiger partial charge in [0.25, 0.3) is 5.91 Å². The molecule has 0 unspecified atom stereocenters. The summed E-state index contributed by atoms with van der Waals surface area (Å²) in [5.74, 6) is -0.347. The molecule has 0 saturated carbocycles. The van der Waals surface area contributed by atoms with Gasteiger partial charge in [-0.15, -0.1) is 0 Å². The van der Waals surface area contributed by atoms with Crippen molar-refractivity contribution >= 4 is 11.7 Å². The van der Waals surface area contributed by atoms with Crippen LogP contribution in [0.3, 0.4) is 0 Å². The second kappa shape index (κ2) is 3.84. The van der Waals surface area contributed by atoms with Crippen LogP contribution in [0.2, 0.25) is 0 Å². The van der Waals surface area contributed by atoms with Crippen molar-refractivity contribution in [2.24, 2.45) is 7.05 Å². The highest BCUT2D eigenvalue weighted by molar-refractivity contribution is 5.95. The third-order valence-corrected chi connectivity index (χ3v) is 1.46. The molecular weight excluding hydrogens is 170 g/mol. The predicted molar refractivity (Wildman–Crippen MR) is 46.2 cm³/mol. The second-order valence-corrected chi connectivity index (χ2v) is 2.79. The van der Waals surface area contributed by atoms with Crippen LogP contribution in [0, 0.1) is 0 Å². The van der Waals surface area contributed by atoms with Crippen LogP contribution in [0.15, 0.2) is 12.4 Å². The van der Waals surface area contributed by atoms with E-state index in [9.17, 15) is 9.59 Å². The van der Waals surface area contributed by atoms with Gasteiger partial charge in [-0.3, -0.25) is 14.3 Å². The molecule has 0 aromatic carbocycles. The molecule has 5 nitrogen and oxygen atoms in total. The van der Waals surface area contributed by atoms with E-state index in [1.165, 1.54) is 17.8 Å². The molecule has 13 heavy (non-hydrogen) atoms. The molecule has 0 spiro atoms. The number of aromatic nitrogens is 2. The maximum atomic E-state index is 11.2. The van der Waals surface area contributed by atoms with E-state index in [4.69, 9.17) is 0 Å². The van der Waals surface area contributed by atoms with E-state index in [0.29, 0.717) is 5.56 Å². The molecule has 5 heteroatoms. The Bertz CT molecular complexity index is 330. The Hall–Kier alpha value is -1.65. The predicted octanol–water partition coefficient (Wildman–Crippen LogP) is -0.261. The molecule has 0 atom stereocenters. The quantitative estimate of drug-likeness (QED) is 0.698. The molecule has 1 heterocycles. The number of nitrogens with zero attached hydrogens (tertiary/aromatic N) is 2. The number of ketones is 1. The molecule has 0 radical (unpaired) electrons. The van der Waals surface area contributed by atoms with E-state index in [-0.39, 0.29) is 18.2 Å².